The predicted octanol–water partition coefficient (Wildman–Crippen LogP) is 4.81. The van der Waals surface area contributed by atoms with Gasteiger partial charge in [-0.1, -0.05) is 18.2 Å². The van der Waals surface area contributed by atoms with E-state index in [0.29, 0.717) is 11.8 Å². The van der Waals surface area contributed by atoms with E-state index in [1.54, 1.807) is 29.1 Å². The van der Waals surface area contributed by atoms with E-state index in [-0.39, 0.29) is 23.5 Å². The molecule has 3 rings (SSSR count). The van der Waals surface area contributed by atoms with Crippen molar-refractivity contribution in [1.29, 1.82) is 0 Å². The average molecular weight is 410 g/mol. The lowest BCUT2D eigenvalue weighted by atomic mass is 10.1. The van der Waals surface area contributed by atoms with Crippen molar-refractivity contribution < 1.29 is 27.1 Å². The van der Waals surface area contributed by atoms with Gasteiger partial charge in [0.1, 0.15) is 18.2 Å². The van der Waals surface area contributed by atoms with E-state index in [0.717, 1.165) is 12.1 Å². The molecule has 9 heteroatoms. The van der Waals surface area contributed by atoms with E-state index in [1.165, 1.54) is 17.4 Å². The van der Waals surface area contributed by atoms with E-state index in [2.05, 4.69) is 10.3 Å². The average Bonchev–Trinajstić information content (AvgIpc) is 3.18. The molecule has 4 nitrogen and oxygen atoms in total. The van der Waals surface area contributed by atoms with Crippen LogP contribution in [0, 0.1) is 5.82 Å². The maximum absolute atomic E-state index is 13.2. The number of alkyl halides is 3. The number of para-hydroxylation sites is 1. The van der Waals surface area contributed by atoms with E-state index < -0.39 is 30.0 Å². The van der Waals surface area contributed by atoms with Gasteiger partial charge in [0.15, 0.2) is 0 Å². The Bertz CT molecular complexity index is 959. The number of hydrogen-bond donors (Lipinski definition) is 1. The summed E-state index contributed by atoms with van der Waals surface area (Å²) < 4.78 is 58.0. The van der Waals surface area contributed by atoms with Crippen LogP contribution in [-0.4, -0.2) is 10.9 Å². The number of carbonyl (C=O) groups excluding carboxylic acids is 1. The Hall–Kier alpha value is -2.94. The van der Waals surface area contributed by atoms with Crippen LogP contribution < -0.4 is 10.1 Å². The summed E-state index contributed by atoms with van der Waals surface area (Å²) in [4.78, 5) is 16.5. The zero-order chi connectivity index (χ0) is 20.1. The summed E-state index contributed by atoms with van der Waals surface area (Å²) in [6, 6.07) is 8.71. The molecule has 0 aliphatic heterocycles. The molecule has 0 unspecified atom stereocenters. The minimum atomic E-state index is -4.73. The maximum atomic E-state index is 13.2. The maximum Gasteiger partial charge on any atom is 0.416 e. The molecule has 0 aliphatic carbocycles. The number of rotatable bonds is 6. The standard InChI is InChI=1S/C19H14F4N2O2S/c20-13-6-5-12(16(7-13)19(21,22)23)8-24-18(26)15-3-1-2-4-17(15)27-9-14-10-28-11-25-14/h1-7,10-11H,8-9H2,(H,24,26). The van der Waals surface area contributed by atoms with Crippen molar-refractivity contribution in [1.82, 2.24) is 10.3 Å². The first kappa shape index (κ1) is 19.8. The van der Waals surface area contributed by atoms with Gasteiger partial charge in [-0.25, -0.2) is 9.37 Å². The number of carbonyl (C=O) groups is 1. The Morgan fingerprint density at radius 1 is 1.18 bits per heavy atom. The van der Waals surface area contributed by atoms with Crippen LogP contribution >= 0.6 is 11.3 Å². The van der Waals surface area contributed by atoms with Crippen LogP contribution in [0.25, 0.3) is 0 Å². The van der Waals surface area contributed by atoms with Gasteiger partial charge in [0.05, 0.1) is 22.3 Å². The lowest BCUT2D eigenvalue weighted by Gasteiger charge is -2.14. The topological polar surface area (TPSA) is 51.2 Å². The van der Waals surface area contributed by atoms with Crippen molar-refractivity contribution in [3.63, 3.8) is 0 Å². The number of nitrogens with zero attached hydrogens (tertiary/aromatic N) is 1. The molecule has 0 saturated carbocycles. The second kappa shape index (κ2) is 8.39. The third kappa shape index (κ3) is 4.86. The summed E-state index contributed by atoms with van der Waals surface area (Å²) in [6.45, 7) is -0.252. The number of benzene rings is 2. The van der Waals surface area contributed by atoms with Crippen LogP contribution in [0.5, 0.6) is 5.75 Å². The summed E-state index contributed by atoms with van der Waals surface area (Å²) in [7, 11) is 0. The summed E-state index contributed by atoms with van der Waals surface area (Å²) in [5.41, 5.74) is 1.16. The third-order valence-electron chi connectivity index (χ3n) is 3.81. The highest BCUT2D eigenvalue weighted by atomic mass is 32.1. The van der Waals surface area contributed by atoms with Gasteiger partial charge in [0.2, 0.25) is 0 Å². The summed E-state index contributed by atoms with van der Waals surface area (Å²) in [5.74, 6) is -1.32. The number of aromatic nitrogens is 1. The van der Waals surface area contributed by atoms with Crippen LogP contribution in [0.15, 0.2) is 53.4 Å². The number of ether oxygens (including phenoxy) is 1. The van der Waals surface area contributed by atoms with E-state index in [9.17, 15) is 22.4 Å². The molecule has 0 fully saturated rings. The van der Waals surface area contributed by atoms with Crippen molar-refractivity contribution in [2.75, 3.05) is 0 Å². The van der Waals surface area contributed by atoms with Gasteiger partial charge >= 0.3 is 6.18 Å². The first-order valence-electron chi connectivity index (χ1n) is 8.07. The van der Waals surface area contributed by atoms with Crippen molar-refractivity contribution in [3.05, 3.63) is 81.6 Å². The van der Waals surface area contributed by atoms with Gasteiger partial charge in [-0.15, -0.1) is 11.3 Å². The largest absolute Gasteiger partial charge is 0.486 e. The molecule has 0 spiro atoms. The molecule has 0 radical (unpaired) electrons. The van der Waals surface area contributed by atoms with Crippen LogP contribution in [0.1, 0.15) is 27.2 Å². The molecule has 0 atom stereocenters. The molecule has 0 saturated heterocycles. The van der Waals surface area contributed by atoms with Gasteiger partial charge in [-0.3, -0.25) is 4.79 Å². The first-order valence-corrected chi connectivity index (χ1v) is 9.01. The molecule has 3 aromatic rings. The molecule has 1 N–H and O–H groups in total. The number of halogens is 4. The monoisotopic (exact) mass is 410 g/mol. The molecule has 0 aliphatic rings. The lowest BCUT2D eigenvalue weighted by molar-refractivity contribution is -0.138. The number of amides is 1. The molecular weight excluding hydrogens is 396 g/mol. The fraction of sp³-hybridized carbons (Fsp3) is 0.158. The highest BCUT2D eigenvalue weighted by Gasteiger charge is 2.33. The number of nitrogens with one attached hydrogen (secondary N) is 1. The highest BCUT2D eigenvalue weighted by Crippen LogP contribution is 2.32. The zero-order valence-electron chi connectivity index (χ0n) is 14.3. The Balaban J connectivity index is 1.72. The van der Waals surface area contributed by atoms with Crippen molar-refractivity contribution in [2.24, 2.45) is 0 Å². The summed E-state index contributed by atoms with van der Waals surface area (Å²) >= 11 is 1.41. The van der Waals surface area contributed by atoms with Crippen LogP contribution in [0.3, 0.4) is 0 Å². The fourth-order valence-corrected chi connectivity index (χ4v) is 3.02. The van der Waals surface area contributed by atoms with E-state index >= 15 is 0 Å². The Morgan fingerprint density at radius 3 is 2.68 bits per heavy atom. The Morgan fingerprint density at radius 2 is 1.96 bits per heavy atom. The van der Waals surface area contributed by atoms with Gasteiger partial charge in [0, 0.05) is 11.9 Å². The zero-order valence-corrected chi connectivity index (χ0v) is 15.1. The molecule has 2 aromatic carbocycles. The smallest absolute Gasteiger partial charge is 0.416 e. The Kier molecular flexibility index (Phi) is 5.93. The second-order valence-electron chi connectivity index (χ2n) is 5.75. The Labute approximate surface area is 161 Å². The van der Waals surface area contributed by atoms with E-state index in [1.807, 2.05) is 0 Å². The molecule has 1 heterocycles. The highest BCUT2D eigenvalue weighted by molar-refractivity contribution is 7.07. The SMILES string of the molecule is O=C(NCc1ccc(F)cc1C(F)(F)F)c1ccccc1OCc1cscn1. The van der Waals surface area contributed by atoms with Crippen molar-refractivity contribution in [3.8, 4) is 5.75 Å². The summed E-state index contributed by atoms with van der Waals surface area (Å²) in [5, 5.41) is 4.23. The van der Waals surface area contributed by atoms with Crippen molar-refractivity contribution >= 4 is 17.2 Å². The fourth-order valence-electron chi connectivity index (χ4n) is 2.48. The van der Waals surface area contributed by atoms with Crippen molar-refractivity contribution in [2.45, 2.75) is 19.3 Å². The predicted molar refractivity (Wildman–Crippen MR) is 95.5 cm³/mol. The van der Waals surface area contributed by atoms with Crippen LogP contribution in [0.2, 0.25) is 0 Å². The van der Waals surface area contributed by atoms with Gasteiger partial charge in [-0.2, -0.15) is 13.2 Å². The minimum absolute atomic E-state index is 0.157. The normalized spacial score (nSPS) is 11.3. The van der Waals surface area contributed by atoms with Crippen LogP contribution in [-0.2, 0) is 19.3 Å². The molecular formula is C19H14F4N2O2S. The summed E-state index contributed by atoms with van der Waals surface area (Å²) in [6.07, 6.45) is -4.73. The van der Waals surface area contributed by atoms with E-state index in [4.69, 9.17) is 4.74 Å². The van der Waals surface area contributed by atoms with Gasteiger partial charge in [-0.05, 0) is 29.8 Å². The van der Waals surface area contributed by atoms with Gasteiger partial charge in [0.25, 0.3) is 5.91 Å². The second-order valence-corrected chi connectivity index (χ2v) is 6.47. The molecule has 0 bridgehead atoms. The lowest BCUT2D eigenvalue weighted by Crippen LogP contribution is -2.25. The molecule has 1 amide bonds. The minimum Gasteiger partial charge on any atom is -0.486 e. The van der Waals surface area contributed by atoms with Gasteiger partial charge < -0.3 is 10.1 Å². The molecule has 1 aromatic heterocycles. The number of thiazole rings is 1. The third-order valence-corrected chi connectivity index (χ3v) is 4.44. The molecule has 28 heavy (non-hydrogen) atoms. The molecule has 146 valence electrons. The number of hydrogen-bond acceptors (Lipinski definition) is 4. The van der Waals surface area contributed by atoms with Crippen LogP contribution in [0.4, 0.5) is 17.6 Å². The quantitative estimate of drug-likeness (QED) is 0.594. The first-order chi connectivity index (χ1) is 13.3.